The van der Waals surface area contributed by atoms with Gasteiger partial charge in [-0.3, -0.25) is 0 Å². The van der Waals surface area contributed by atoms with Crippen molar-refractivity contribution in [2.24, 2.45) is 0 Å². The Kier molecular flexibility index (Phi) is 1.87. The minimum Gasteiger partial charge on any atom is -0.398 e. The molecule has 12 heavy (non-hydrogen) atoms. The third kappa shape index (κ3) is 1.14. The minimum absolute atomic E-state index is 0.463. The zero-order valence-corrected chi connectivity index (χ0v) is 8.17. The SMILES string of the molecule is Nc1ccc(Cl)c2nc(Cl)sc12. The Morgan fingerprint density at radius 3 is 2.75 bits per heavy atom. The van der Waals surface area contributed by atoms with Gasteiger partial charge in [0.2, 0.25) is 0 Å². The number of nitrogens with zero attached hydrogens (tertiary/aromatic N) is 1. The van der Waals surface area contributed by atoms with Crippen molar-refractivity contribution in [3.63, 3.8) is 0 Å². The molecule has 0 spiro atoms. The van der Waals surface area contributed by atoms with Crippen LogP contribution in [0.25, 0.3) is 10.2 Å². The van der Waals surface area contributed by atoms with E-state index in [0.29, 0.717) is 20.7 Å². The van der Waals surface area contributed by atoms with E-state index in [1.54, 1.807) is 12.1 Å². The van der Waals surface area contributed by atoms with Crippen LogP contribution >= 0.6 is 34.5 Å². The lowest BCUT2D eigenvalue weighted by Gasteiger charge is -1.94. The number of hydrogen-bond acceptors (Lipinski definition) is 3. The number of anilines is 1. The van der Waals surface area contributed by atoms with Crippen LogP contribution in [0, 0.1) is 0 Å². The van der Waals surface area contributed by atoms with Gasteiger partial charge in [0.15, 0.2) is 4.47 Å². The molecule has 0 aliphatic rings. The molecule has 0 aliphatic heterocycles. The van der Waals surface area contributed by atoms with E-state index in [4.69, 9.17) is 28.9 Å². The number of thiazole rings is 1. The van der Waals surface area contributed by atoms with Gasteiger partial charge in [-0.25, -0.2) is 4.98 Å². The summed E-state index contributed by atoms with van der Waals surface area (Å²) in [5, 5.41) is 0.586. The van der Waals surface area contributed by atoms with Gasteiger partial charge in [0, 0.05) is 0 Å². The van der Waals surface area contributed by atoms with Crippen LogP contribution in [0.2, 0.25) is 9.49 Å². The molecule has 62 valence electrons. The van der Waals surface area contributed by atoms with E-state index in [1.165, 1.54) is 11.3 Å². The second-order valence-electron chi connectivity index (χ2n) is 2.28. The van der Waals surface area contributed by atoms with Gasteiger partial charge in [-0.1, -0.05) is 23.2 Å². The summed E-state index contributed by atoms with van der Waals surface area (Å²) in [4.78, 5) is 4.05. The van der Waals surface area contributed by atoms with Gasteiger partial charge < -0.3 is 5.73 Å². The number of halogens is 2. The van der Waals surface area contributed by atoms with Gasteiger partial charge in [-0.15, -0.1) is 11.3 Å². The lowest BCUT2D eigenvalue weighted by atomic mass is 10.3. The first-order chi connectivity index (χ1) is 5.68. The molecule has 0 aliphatic carbocycles. The topological polar surface area (TPSA) is 38.9 Å². The van der Waals surface area contributed by atoms with Crippen molar-refractivity contribution >= 4 is 50.4 Å². The Morgan fingerprint density at radius 1 is 1.33 bits per heavy atom. The van der Waals surface area contributed by atoms with Crippen molar-refractivity contribution in [3.8, 4) is 0 Å². The molecule has 0 fully saturated rings. The second-order valence-corrected chi connectivity index (χ2v) is 4.27. The van der Waals surface area contributed by atoms with E-state index in [2.05, 4.69) is 4.98 Å². The summed E-state index contributed by atoms with van der Waals surface area (Å²) in [6, 6.07) is 3.47. The molecular formula is C7H4Cl2N2S. The van der Waals surface area contributed by atoms with Gasteiger partial charge >= 0.3 is 0 Å². The van der Waals surface area contributed by atoms with E-state index < -0.39 is 0 Å². The number of fused-ring (bicyclic) bond motifs is 1. The van der Waals surface area contributed by atoms with Crippen LogP contribution in [-0.4, -0.2) is 4.98 Å². The van der Waals surface area contributed by atoms with Crippen molar-refractivity contribution in [1.29, 1.82) is 0 Å². The molecule has 0 saturated heterocycles. The Labute approximate surface area is 82.9 Å². The van der Waals surface area contributed by atoms with Crippen LogP contribution in [-0.2, 0) is 0 Å². The molecule has 0 unspecified atom stereocenters. The summed E-state index contributed by atoms with van der Waals surface area (Å²) in [5.74, 6) is 0. The molecule has 5 heteroatoms. The highest BCUT2D eigenvalue weighted by molar-refractivity contribution is 7.22. The van der Waals surface area contributed by atoms with E-state index in [9.17, 15) is 0 Å². The van der Waals surface area contributed by atoms with E-state index in [-0.39, 0.29) is 0 Å². The fourth-order valence-corrected chi connectivity index (χ4v) is 2.28. The summed E-state index contributed by atoms with van der Waals surface area (Å²) >= 11 is 12.9. The van der Waals surface area contributed by atoms with Crippen LogP contribution in [0.1, 0.15) is 0 Å². The number of nitrogen functional groups attached to an aromatic ring is 1. The molecular weight excluding hydrogens is 215 g/mol. The maximum absolute atomic E-state index is 5.87. The van der Waals surface area contributed by atoms with Crippen molar-refractivity contribution in [3.05, 3.63) is 21.6 Å². The highest BCUT2D eigenvalue weighted by Gasteiger charge is 2.07. The minimum atomic E-state index is 0.463. The zero-order chi connectivity index (χ0) is 8.72. The van der Waals surface area contributed by atoms with Crippen LogP contribution in [0.5, 0.6) is 0 Å². The number of rotatable bonds is 0. The molecule has 0 bridgehead atoms. The number of nitrogens with two attached hydrogens (primary N) is 1. The van der Waals surface area contributed by atoms with E-state index in [0.717, 1.165) is 4.70 Å². The quantitative estimate of drug-likeness (QED) is 0.691. The van der Waals surface area contributed by atoms with Crippen molar-refractivity contribution < 1.29 is 0 Å². The first-order valence-electron chi connectivity index (χ1n) is 3.18. The maximum atomic E-state index is 5.87. The Morgan fingerprint density at radius 2 is 2.08 bits per heavy atom. The predicted octanol–water partition coefficient (Wildman–Crippen LogP) is 3.19. The standard InChI is InChI=1S/C7H4Cl2N2S/c8-3-1-2-4(10)6-5(3)11-7(9)12-6/h1-2H,10H2. The van der Waals surface area contributed by atoms with Crippen molar-refractivity contribution in [2.45, 2.75) is 0 Å². The summed E-state index contributed by atoms with van der Waals surface area (Å²) < 4.78 is 1.32. The fraction of sp³-hybridized carbons (Fsp3) is 0. The van der Waals surface area contributed by atoms with E-state index in [1.807, 2.05) is 0 Å². The van der Waals surface area contributed by atoms with Crippen LogP contribution in [0.4, 0.5) is 5.69 Å². The molecule has 1 aromatic carbocycles. The predicted molar refractivity (Wildman–Crippen MR) is 54.1 cm³/mol. The van der Waals surface area contributed by atoms with Gasteiger partial charge in [-0.05, 0) is 12.1 Å². The molecule has 0 amide bonds. The first-order valence-corrected chi connectivity index (χ1v) is 4.76. The smallest absolute Gasteiger partial charge is 0.184 e. The van der Waals surface area contributed by atoms with Gasteiger partial charge in [-0.2, -0.15) is 0 Å². The van der Waals surface area contributed by atoms with Crippen molar-refractivity contribution in [1.82, 2.24) is 4.98 Å². The fourth-order valence-electron chi connectivity index (χ4n) is 0.969. The summed E-state index contributed by atoms with van der Waals surface area (Å²) in [7, 11) is 0. The highest BCUT2D eigenvalue weighted by Crippen LogP contribution is 2.34. The highest BCUT2D eigenvalue weighted by atomic mass is 35.5. The molecule has 0 saturated carbocycles. The van der Waals surface area contributed by atoms with E-state index >= 15 is 0 Å². The average molecular weight is 219 g/mol. The zero-order valence-electron chi connectivity index (χ0n) is 5.84. The Hall–Kier alpha value is -0.510. The largest absolute Gasteiger partial charge is 0.398 e. The van der Waals surface area contributed by atoms with Crippen LogP contribution < -0.4 is 5.73 Å². The van der Waals surface area contributed by atoms with Crippen molar-refractivity contribution in [2.75, 3.05) is 5.73 Å². The lowest BCUT2D eigenvalue weighted by Crippen LogP contribution is -1.83. The summed E-state index contributed by atoms with van der Waals surface area (Å²) in [5.41, 5.74) is 7.04. The lowest BCUT2D eigenvalue weighted by molar-refractivity contribution is 1.50. The van der Waals surface area contributed by atoms with Gasteiger partial charge in [0.1, 0.15) is 5.52 Å². The molecule has 2 nitrogen and oxygen atoms in total. The van der Waals surface area contributed by atoms with Gasteiger partial charge in [0.25, 0.3) is 0 Å². The summed E-state index contributed by atoms with van der Waals surface area (Å²) in [6.45, 7) is 0. The summed E-state index contributed by atoms with van der Waals surface area (Å²) in [6.07, 6.45) is 0. The number of benzene rings is 1. The normalized spacial score (nSPS) is 10.8. The molecule has 2 rings (SSSR count). The molecule has 0 atom stereocenters. The Balaban J connectivity index is 2.93. The Bertz CT molecular complexity index is 399. The monoisotopic (exact) mass is 218 g/mol. The number of aromatic nitrogens is 1. The molecule has 1 heterocycles. The molecule has 0 radical (unpaired) electrons. The maximum Gasteiger partial charge on any atom is 0.184 e. The average Bonchev–Trinajstić information content (AvgIpc) is 2.41. The van der Waals surface area contributed by atoms with Crippen LogP contribution in [0.15, 0.2) is 12.1 Å². The molecule has 2 aromatic rings. The third-order valence-electron chi connectivity index (χ3n) is 1.50. The molecule has 1 aromatic heterocycles. The third-order valence-corrected chi connectivity index (χ3v) is 3.01. The van der Waals surface area contributed by atoms with Gasteiger partial charge in [0.05, 0.1) is 15.4 Å². The number of hydrogen-bond donors (Lipinski definition) is 1. The van der Waals surface area contributed by atoms with Crippen LogP contribution in [0.3, 0.4) is 0 Å². The molecule has 2 N–H and O–H groups in total. The second kappa shape index (κ2) is 2.76. The first kappa shape index (κ1) is 8.10.